The van der Waals surface area contributed by atoms with Crippen LogP contribution in [0.15, 0.2) is 48.5 Å². The molecule has 3 nitrogen and oxygen atoms in total. The largest absolute Gasteiger partial charge is 0.477 e. The predicted octanol–water partition coefficient (Wildman–Crippen LogP) is 3.95. The van der Waals surface area contributed by atoms with Crippen LogP contribution in [0.25, 0.3) is 22.0 Å². The summed E-state index contributed by atoms with van der Waals surface area (Å²) in [6.07, 6.45) is 5.39. The number of hydrogen-bond donors (Lipinski definition) is 1. The van der Waals surface area contributed by atoms with Crippen molar-refractivity contribution in [2.45, 2.75) is 13.5 Å². The lowest BCUT2D eigenvalue weighted by Gasteiger charge is -2.05. The van der Waals surface area contributed by atoms with Crippen LogP contribution in [0, 0.1) is 19.3 Å². The molecule has 0 saturated heterocycles. The highest BCUT2D eigenvalue weighted by Crippen LogP contribution is 2.30. The standard InChI is InChI=1S/C19H15NO2/c1-3-11-20-17-10-9-15(14-7-5-4-6-8-14)12-16(17)13(2)18(20)19(21)22/h1,4-10,12H,11H2,2H3,(H,21,22). The third kappa shape index (κ3) is 2.15. The summed E-state index contributed by atoms with van der Waals surface area (Å²) >= 11 is 0. The molecule has 1 heterocycles. The fourth-order valence-corrected chi connectivity index (χ4v) is 2.86. The van der Waals surface area contributed by atoms with Gasteiger partial charge in [0.2, 0.25) is 0 Å². The molecule has 1 N–H and O–H groups in total. The van der Waals surface area contributed by atoms with Crippen molar-refractivity contribution in [2.75, 3.05) is 0 Å². The lowest BCUT2D eigenvalue weighted by Crippen LogP contribution is -2.08. The van der Waals surface area contributed by atoms with E-state index in [1.54, 1.807) is 4.57 Å². The van der Waals surface area contributed by atoms with Crippen LogP contribution in [0.3, 0.4) is 0 Å². The van der Waals surface area contributed by atoms with Gasteiger partial charge in [-0.25, -0.2) is 4.79 Å². The molecule has 0 aliphatic heterocycles. The predicted molar refractivity (Wildman–Crippen MR) is 87.9 cm³/mol. The number of hydrogen-bond acceptors (Lipinski definition) is 1. The zero-order chi connectivity index (χ0) is 15.7. The maximum atomic E-state index is 11.6. The molecule has 0 amide bonds. The number of benzene rings is 2. The van der Waals surface area contributed by atoms with Gasteiger partial charge in [-0.2, -0.15) is 0 Å². The Bertz CT molecular complexity index is 899. The Kier molecular flexibility index (Phi) is 3.44. The average molecular weight is 289 g/mol. The van der Waals surface area contributed by atoms with Crippen LogP contribution in [-0.2, 0) is 6.54 Å². The van der Waals surface area contributed by atoms with Gasteiger partial charge in [0.05, 0.1) is 6.54 Å². The van der Waals surface area contributed by atoms with Gasteiger partial charge in [-0.15, -0.1) is 6.42 Å². The van der Waals surface area contributed by atoms with Gasteiger partial charge < -0.3 is 9.67 Å². The molecule has 0 fully saturated rings. The van der Waals surface area contributed by atoms with Crippen molar-refractivity contribution < 1.29 is 9.90 Å². The van der Waals surface area contributed by atoms with Crippen molar-refractivity contribution in [3.63, 3.8) is 0 Å². The molecule has 0 bridgehead atoms. The first kappa shape index (κ1) is 14.0. The number of aromatic carboxylic acids is 1. The van der Waals surface area contributed by atoms with E-state index in [4.69, 9.17) is 6.42 Å². The van der Waals surface area contributed by atoms with Crippen LogP contribution in [0.5, 0.6) is 0 Å². The minimum absolute atomic E-state index is 0.247. The molecule has 0 aliphatic rings. The van der Waals surface area contributed by atoms with E-state index >= 15 is 0 Å². The number of aryl methyl sites for hydroxylation is 1. The van der Waals surface area contributed by atoms with Crippen LogP contribution in [0.1, 0.15) is 16.1 Å². The monoisotopic (exact) mass is 289 g/mol. The van der Waals surface area contributed by atoms with E-state index in [9.17, 15) is 9.90 Å². The van der Waals surface area contributed by atoms with Gasteiger partial charge in [0.1, 0.15) is 5.69 Å². The summed E-state index contributed by atoms with van der Waals surface area (Å²) in [5.41, 5.74) is 4.03. The fraction of sp³-hybridized carbons (Fsp3) is 0.105. The van der Waals surface area contributed by atoms with E-state index in [1.165, 1.54) is 0 Å². The van der Waals surface area contributed by atoms with Crippen LogP contribution >= 0.6 is 0 Å². The molecule has 3 rings (SSSR count). The van der Waals surface area contributed by atoms with Crippen LogP contribution in [0.4, 0.5) is 0 Å². The molecule has 0 radical (unpaired) electrons. The molecule has 108 valence electrons. The van der Waals surface area contributed by atoms with Gasteiger partial charge in [0.25, 0.3) is 0 Å². The second-order valence-electron chi connectivity index (χ2n) is 5.17. The Morgan fingerprint density at radius 2 is 1.91 bits per heavy atom. The number of carbonyl (C=O) groups is 1. The van der Waals surface area contributed by atoms with E-state index in [-0.39, 0.29) is 12.2 Å². The Hall–Kier alpha value is -2.99. The van der Waals surface area contributed by atoms with E-state index in [2.05, 4.69) is 5.92 Å². The van der Waals surface area contributed by atoms with E-state index in [0.29, 0.717) is 0 Å². The van der Waals surface area contributed by atoms with Crippen molar-refractivity contribution >= 4 is 16.9 Å². The molecule has 22 heavy (non-hydrogen) atoms. The molecule has 3 aromatic rings. The third-order valence-electron chi connectivity index (χ3n) is 3.88. The molecule has 1 aromatic heterocycles. The van der Waals surface area contributed by atoms with Gasteiger partial charge in [0.15, 0.2) is 0 Å². The van der Waals surface area contributed by atoms with E-state index < -0.39 is 5.97 Å². The molecule has 3 heteroatoms. The lowest BCUT2D eigenvalue weighted by atomic mass is 10.0. The molecule has 0 saturated carbocycles. The zero-order valence-corrected chi connectivity index (χ0v) is 12.2. The van der Waals surface area contributed by atoms with Crippen LogP contribution < -0.4 is 0 Å². The molecule has 0 spiro atoms. The summed E-state index contributed by atoms with van der Waals surface area (Å²) in [6.45, 7) is 2.07. The minimum Gasteiger partial charge on any atom is -0.477 e. The topological polar surface area (TPSA) is 42.2 Å². The van der Waals surface area contributed by atoms with Gasteiger partial charge in [-0.1, -0.05) is 42.3 Å². The summed E-state index contributed by atoms with van der Waals surface area (Å²) < 4.78 is 1.68. The number of carboxylic acids is 1. The molecule has 2 aromatic carbocycles. The first-order valence-corrected chi connectivity index (χ1v) is 6.98. The van der Waals surface area contributed by atoms with Gasteiger partial charge in [-0.3, -0.25) is 0 Å². The van der Waals surface area contributed by atoms with Crippen molar-refractivity contribution in [1.82, 2.24) is 4.57 Å². The number of terminal acetylenes is 1. The average Bonchev–Trinajstić information content (AvgIpc) is 2.81. The first-order chi connectivity index (χ1) is 10.6. The minimum atomic E-state index is -0.954. The fourth-order valence-electron chi connectivity index (χ4n) is 2.86. The Balaban J connectivity index is 2.28. The summed E-state index contributed by atoms with van der Waals surface area (Å²) in [7, 11) is 0. The van der Waals surface area contributed by atoms with E-state index in [1.807, 2.05) is 55.5 Å². The molecule has 0 aliphatic carbocycles. The molecular formula is C19H15NO2. The highest BCUT2D eigenvalue weighted by Gasteiger charge is 2.19. The zero-order valence-electron chi connectivity index (χ0n) is 12.2. The van der Waals surface area contributed by atoms with Gasteiger partial charge >= 0.3 is 5.97 Å². The van der Waals surface area contributed by atoms with E-state index in [0.717, 1.165) is 27.6 Å². The maximum Gasteiger partial charge on any atom is 0.352 e. The normalized spacial score (nSPS) is 10.5. The summed E-state index contributed by atoms with van der Waals surface area (Å²) in [5, 5.41) is 10.4. The highest BCUT2D eigenvalue weighted by molar-refractivity contribution is 5.99. The van der Waals surface area contributed by atoms with Crippen LogP contribution in [-0.4, -0.2) is 15.6 Å². The Morgan fingerprint density at radius 3 is 2.55 bits per heavy atom. The SMILES string of the molecule is C#CCn1c(C(=O)O)c(C)c2cc(-c3ccccc3)ccc21. The molecule has 0 unspecified atom stereocenters. The summed E-state index contributed by atoms with van der Waals surface area (Å²) in [5.74, 6) is 1.58. The van der Waals surface area contributed by atoms with Crippen molar-refractivity contribution in [2.24, 2.45) is 0 Å². The van der Waals surface area contributed by atoms with Crippen molar-refractivity contribution in [1.29, 1.82) is 0 Å². The summed E-state index contributed by atoms with van der Waals surface area (Å²) in [4.78, 5) is 11.6. The first-order valence-electron chi connectivity index (χ1n) is 6.98. The quantitative estimate of drug-likeness (QED) is 0.742. The van der Waals surface area contributed by atoms with Gasteiger partial charge in [-0.05, 0) is 35.7 Å². The highest BCUT2D eigenvalue weighted by atomic mass is 16.4. The van der Waals surface area contributed by atoms with Crippen LogP contribution in [0.2, 0.25) is 0 Å². The second kappa shape index (κ2) is 5.42. The molecular weight excluding hydrogens is 274 g/mol. The lowest BCUT2D eigenvalue weighted by molar-refractivity contribution is 0.0685. The second-order valence-corrected chi connectivity index (χ2v) is 5.17. The van der Waals surface area contributed by atoms with Crippen molar-refractivity contribution in [3.05, 3.63) is 59.8 Å². The smallest absolute Gasteiger partial charge is 0.352 e. The summed E-state index contributed by atoms with van der Waals surface area (Å²) in [6, 6.07) is 16.0. The number of carboxylic acid groups (broad SMARTS) is 1. The Morgan fingerprint density at radius 1 is 1.18 bits per heavy atom. The number of aromatic nitrogens is 1. The Labute approximate surface area is 128 Å². The number of nitrogens with zero attached hydrogens (tertiary/aromatic N) is 1. The maximum absolute atomic E-state index is 11.6. The number of fused-ring (bicyclic) bond motifs is 1. The molecule has 0 atom stereocenters. The third-order valence-corrected chi connectivity index (χ3v) is 3.88. The number of rotatable bonds is 3. The van der Waals surface area contributed by atoms with Gasteiger partial charge in [0, 0.05) is 10.9 Å². The van der Waals surface area contributed by atoms with Crippen molar-refractivity contribution in [3.8, 4) is 23.5 Å².